The number of alkyl carbamates (subject to hydrolysis) is 1. The van der Waals surface area contributed by atoms with E-state index in [1.165, 1.54) is 7.11 Å². The molecule has 4 atom stereocenters. The molecule has 2 aromatic heterocycles. The number of H-pyrrole nitrogens is 2. The van der Waals surface area contributed by atoms with Gasteiger partial charge in [0.15, 0.2) is 0 Å². The minimum absolute atomic E-state index is 0.0648. The Morgan fingerprint density at radius 3 is 2.04 bits per heavy atom. The molecule has 4 N–H and O–H groups in total. The van der Waals surface area contributed by atoms with Crippen molar-refractivity contribution in [3.05, 3.63) is 54.0 Å². The van der Waals surface area contributed by atoms with Crippen LogP contribution >= 0.6 is 0 Å². The molecule has 2 aliphatic heterocycles. The Kier molecular flexibility index (Phi) is 11.9. The Balaban J connectivity index is 1.18. The van der Waals surface area contributed by atoms with Crippen LogP contribution in [0.2, 0.25) is 0 Å². The second-order valence-corrected chi connectivity index (χ2v) is 13.4. The topological polar surface area (TPSA) is 167 Å². The fourth-order valence-electron chi connectivity index (χ4n) is 6.63. The molecule has 3 amide bonds. The number of amides is 3. The van der Waals surface area contributed by atoms with Crippen LogP contribution in [0.5, 0.6) is 5.75 Å². The normalized spacial score (nSPS) is 19.0. The largest absolute Gasteiger partial charge is 0.487 e. The highest BCUT2D eigenvalue weighted by Crippen LogP contribution is 2.34. The van der Waals surface area contributed by atoms with E-state index in [1.54, 1.807) is 24.4 Å². The number of nitrogens with zero attached hydrogens (tertiary/aromatic N) is 4. The molecule has 2 aliphatic rings. The summed E-state index contributed by atoms with van der Waals surface area (Å²) in [7, 11) is 2.90. The van der Waals surface area contributed by atoms with Gasteiger partial charge in [-0.1, -0.05) is 27.7 Å². The number of likely N-dealkylation sites (tertiary alicyclic amines) is 2. The molecule has 5 rings (SSSR count). The number of nitrogens with one attached hydrogen (secondary N) is 4. The number of benzene rings is 1. The average molecular weight is 679 g/mol. The number of aromatic amines is 2. The molecule has 3 aromatic rings. The van der Waals surface area contributed by atoms with Crippen molar-refractivity contribution in [1.29, 1.82) is 0 Å². The molecule has 0 bridgehead atoms. The average Bonchev–Trinajstić information content (AvgIpc) is 3.92. The maximum absolute atomic E-state index is 13.5. The molecule has 2 fully saturated rings. The molecule has 4 heterocycles. The summed E-state index contributed by atoms with van der Waals surface area (Å²) in [6.45, 7) is 9.77. The lowest BCUT2D eigenvalue weighted by molar-refractivity contribution is -0.136. The highest BCUT2D eigenvalue weighted by Gasteiger charge is 2.38. The third-order valence-electron chi connectivity index (χ3n) is 9.28. The van der Waals surface area contributed by atoms with E-state index in [2.05, 4.69) is 30.6 Å². The fourth-order valence-corrected chi connectivity index (χ4v) is 6.63. The summed E-state index contributed by atoms with van der Waals surface area (Å²) in [6, 6.07) is 6.41. The van der Waals surface area contributed by atoms with Gasteiger partial charge in [-0.2, -0.15) is 0 Å². The lowest BCUT2D eigenvalue weighted by Gasteiger charge is -2.30. The minimum atomic E-state index is -0.684. The Hall–Kier alpha value is -4.43. The van der Waals surface area contributed by atoms with Crippen molar-refractivity contribution in [2.24, 2.45) is 11.8 Å². The number of methoxy groups -OCH3 is 2. The number of hydrogen-bond donors (Lipinski definition) is 4. The third-order valence-corrected chi connectivity index (χ3v) is 9.28. The van der Waals surface area contributed by atoms with E-state index in [-0.39, 0.29) is 41.8 Å². The smallest absolute Gasteiger partial charge is 0.407 e. The molecule has 0 radical (unpaired) electrons. The van der Waals surface area contributed by atoms with Crippen LogP contribution in [0, 0.1) is 11.8 Å². The van der Waals surface area contributed by atoms with Gasteiger partial charge in [0, 0.05) is 20.2 Å². The maximum atomic E-state index is 13.5. The monoisotopic (exact) mass is 678 g/mol. The van der Waals surface area contributed by atoms with Gasteiger partial charge in [0.1, 0.15) is 30.0 Å². The molecule has 0 saturated carbocycles. The summed E-state index contributed by atoms with van der Waals surface area (Å²) >= 11 is 0. The molecule has 0 unspecified atom stereocenters. The van der Waals surface area contributed by atoms with Crippen molar-refractivity contribution >= 4 is 17.9 Å². The van der Waals surface area contributed by atoms with Crippen molar-refractivity contribution in [3.63, 3.8) is 0 Å². The number of carbonyl (C=O) groups excluding carboxylic acids is 3. The van der Waals surface area contributed by atoms with E-state index >= 15 is 0 Å². The van der Waals surface area contributed by atoms with Crippen LogP contribution in [0.15, 0.2) is 36.7 Å². The Labute approximate surface area is 287 Å². The quantitative estimate of drug-likeness (QED) is 0.182. The second-order valence-electron chi connectivity index (χ2n) is 13.4. The SMILES string of the molecule is COCN[C@H](C(=O)N1CCC[C@H]1c1ncc(COc2ccc(-c3cnc([C@@H]4CCCN4C(=O)[C@@H](NC(=O)OC)C(C)C)[nH]3)cc2)[nH]1)C(C)C. The van der Waals surface area contributed by atoms with E-state index in [1.807, 2.05) is 56.9 Å². The predicted molar refractivity (Wildman–Crippen MR) is 182 cm³/mol. The molecular weight excluding hydrogens is 628 g/mol. The summed E-state index contributed by atoms with van der Waals surface area (Å²) < 4.78 is 16.0. The van der Waals surface area contributed by atoms with Gasteiger partial charge in [-0.3, -0.25) is 14.9 Å². The van der Waals surface area contributed by atoms with Crippen LogP contribution in [0.1, 0.15) is 82.8 Å². The van der Waals surface area contributed by atoms with Crippen molar-refractivity contribution < 1.29 is 28.6 Å². The first-order chi connectivity index (χ1) is 23.6. The summed E-state index contributed by atoms with van der Waals surface area (Å²) in [4.78, 5) is 58.5. The Morgan fingerprint density at radius 2 is 1.45 bits per heavy atom. The number of carbonyl (C=O) groups is 3. The Bertz CT molecular complexity index is 1550. The van der Waals surface area contributed by atoms with E-state index in [9.17, 15) is 14.4 Å². The van der Waals surface area contributed by atoms with E-state index in [4.69, 9.17) is 14.2 Å². The standard InChI is InChI=1S/C35H50N8O6/c1-21(2)29(38-20-47-5)33(44)42-15-7-9-27(42)31-36-17-24(39-31)19-49-25-13-11-23(12-14-25)26-18-37-32(40-26)28-10-8-16-43(28)34(45)30(22(3)4)41-35(46)48-6/h11-14,17-18,21-22,27-30,38H,7-10,15-16,19-20H2,1-6H3,(H,36,39)(H,37,40)(H,41,46)/t27-,28-,29-,30-/m0/s1. The first kappa shape index (κ1) is 35.9. The number of hydrogen-bond acceptors (Lipinski definition) is 9. The number of ether oxygens (including phenoxy) is 3. The highest BCUT2D eigenvalue weighted by atomic mass is 16.5. The molecular formula is C35H50N8O6. The zero-order valence-electron chi connectivity index (χ0n) is 29.3. The van der Waals surface area contributed by atoms with Gasteiger partial charge >= 0.3 is 6.09 Å². The van der Waals surface area contributed by atoms with E-state index in [0.717, 1.165) is 48.5 Å². The maximum Gasteiger partial charge on any atom is 0.407 e. The first-order valence-electron chi connectivity index (χ1n) is 17.1. The van der Waals surface area contributed by atoms with Crippen molar-refractivity contribution in [2.75, 3.05) is 34.0 Å². The number of rotatable bonds is 14. The van der Waals surface area contributed by atoms with Crippen LogP contribution in [0.4, 0.5) is 4.79 Å². The third kappa shape index (κ3) is 8.42. The minimum Gasteiger partial charge on any atom is -0.487 e. The van der Waals surface area contributed by atoms with Gasteiger partial charge in [0.2, 0.25) is 11.8 Å². The van der Waals surface area contributed by atoms with Gasteiger partial charge in [-0.15, -0.1) is 0 Å². The van der Waals surface area contributed by atoms with Gasteiger partial charge in [-0.25, -0.2) is 14.8 Å². The molecule has 0 spiro atoms. The molecule has 14 heteroatoms. The van der Waals surface area contributed by atoms with Crippen molar-refractivity contribution in [2.45, 2.75) is 84.2 Å². The van der Waals surface area contributed by atoms with Gasteiger partial charge in [-0.05, 0) is 67.3 Å². The lowest BCUT2D eigenvalue weighted by Crippen LogP contribution is -2.51. The van der Waals surface area contributed by atoms with E-state index < -0.39 is 12.1 Å². The van der Waals surface area contributed by atoms with Crippen molar-refractivity contribution in [1.82, 2.24) is 40.4 Å². The van der Waals surface area contributed by atoms with Crippen LogP contribution in [-0.4, -0.2) is 93.8 Å². The van der Waals surface area contributed by atoms with Crippen molar-refractivity contribution in [3.8, 4) is 17.0 Å². The first-order valence-corrected chi connectivity index (χ1v) is 17.1. The highest BCUT2D eigenvalue weighted by molar-refractivity contribution is 5.86. The predicted octanol–water partition coefficient (Wildman–Crippen LogP) is 4.30. The summed E-state index contributed by atoms with van der Waals surface area (Å²) in [5.41, 5.74) is 2.59. The molecule has 14 nitrogen and oxygen atoms in total. The lowest BCUT2D eigenvalue weighted by atomic mass is 10.0. The van der Waals surface area contributed by atoms with Crippen LogP contribution in [-0.2, 0) is 25.7 Å². The molecule has 0 aliphatic carbocycles. The number of aromatic nitrogens is 4. The van der Waals surface area contributed by atoms with Crippen LogP contribution < -0.4 is 15.4 Å². The zero-order valence-corrected chi connectivity index (χ0v) is 29.3. The molecule has 49 heavy (non-hydrogen) atoms. The van der Waals surface area contributed by atoms with E-state index in [0.29, 0.717) is 38.0 Å². The fraction of sp³-hybridized carbons (Fsp3) is 0.571. The van der Waals surface area contributed by atoms with Crippen LogP contribution in [0.3, 0.4) is 0 Å². The van der Waals surface area contributed by atoms with Gasteiger partial charge in [0.05, 0.1) is 55.7 Å². The van der Waals surface area contributed by atoms with Gasteiger partial charge in [0.25, 0.3) is 0 Å². The molecule has 2 saturated heterocycles. The zero-order chi connectivity index (χ0) is 35.1. The van der Waals surface area contributed by atoms with Gasteiger partial charge < -0.3 is 39.3 Å². The molecule has 1 aromatic carbocycles. The second kappa shape index (κ2) is 16.3. The Morgan fingerprint density at radius 1 is 0.857 bits per heavy atom. The summed E-state index contributed by atoms with van der Waals surface area (Å²) in [6.07, 6.45) is 6.33. The van der Waals surface area contributed by atoms with Crippen LogP contribution in [0.25, 0.3) is 11.3 Å². The summed E-state index contributed by atoms with van der Waals surface area (Å²) in [5.74, 6) is 2.13. The number of imidazole rings is 2. The summed E-state index contributed by atoms with van der Waals surface area (Å²) in [5, 5.41) is 5.89. The molecule has 266 valence electrons.